The number of halogens is 2. The summed E-state index contributed by atoms with van der Waals surface area (Å²) in [4.78, 5) is 10.4. The number of nitrogens with two attached hydrogens (primary N) is 1. The van der Waals surface area contributed by atoms with Crippen LogP contribution < -0.4 is 5.73 Å². The van der Waals surface area contributed by atoms with Crippen molar-refractivity contribution in [3.05, 3.63) is 35.6 Å². The molecule has 2 unspecified atom stereocenters. The van der Waals surface area contributed by atoms with Crippen LogP contribution in [0.25, 0.3) is 0 Å². The molecule has 2 atom stereocenters. The number of hydrogen-bond donors (Lipinski definition) is 2. The number of alkyl halides is 1. The summed E-state index contributed by atoms with van der Waals surface area (Å²) in [5.74, 6) is -1.75. The van der Waals surface area contributed by atoms with Gasteiger partial charge >= 0.3 is 0 Å². The number of aliphatic hydroxyl groups is 1. The van der Waals surface area contributed by atoms with Gasteiger partial charge in [0.25, 0.3) is 5.91 Å². The lowest BCUT2D eigenvalue weighted by Gasteiger charge is -2.12. The molecule has 14 heavy (non-hydrogen) atoms. The first kappa shape index (κ1) is 10.6. The van der Waals surface area contributed by atoms with E-state index >= 15 is 0 Å². The zero-order valence-corrected chi connectivity index (χ0v) is 7.15. The fourth-order valence-electron chi connectivity index (χ4n) is 0.985. The van der Waals surface area contributed by atoms with E-state index in [1.54, 1.807) is 0 Å². The third-order valence-electron chi connectivity index (χ3n) is 1.76. The Hall–Kier alpha value is -1.49. The summed E-state index contributed by atoms with van der Waals surface area (Å²) in [5, 5.41) is 9.25. The predicted octanol–water partition coefficient (Wildman–Crippen LogP) is 0.683. The quantitative estimate of drug-likeness (QED) is 0.755. The Morgan fingerprint density at radius 1 is 1.36 bits per heavy atom. The molecule has 3 N–H and O–H groups in total. The van der Waals surface area contributed by atoms with E-state index in [4.69, 9.17) is 0 Å². The van der Waals surface area contributed by atoms with Crippen LogP contribution in [-0.4, -0.2) is 17.2 Å². The molecule has 0 radical (unpaired) electrons. The van der Waals surface area contributed by atoms with Crippen molar-refractivity contribution in [2.24, 2.45) is 5.73 Å². The van der Waals surface area contributed by atoms with E-state index < -0.39 is 24.0 Å². The normalized spacial score (nSPS) is 14.8. The second-order valence-corrected chi connectivity index (χ2v) is 2.80. The van der Waals surface area contributed by atoms with Gasteiger partial charge in [0.1, 0.15) is 11.9 Å². The van der Waals surface area contributed by atoms with E-state index in [0.717, 1.165) is 12.1 Å². The molecule has 1 aromatic carbocycles. The molecule has 1 aromatic rings. The van der Waals surface area contributed by atoms with Crippen molar-refractivity contribution in [3.8, 4) is 0 Å². The van der Waals surface area contributed by atoms with Crippen molar-refractivity contribution in [1.82, 2.24) is 0 Å². The Morgan fingerprint density at radius 2 is 1.86 bits per heavy atom. The fraction of sp³-hybridized carbons (Fsp3) is 0.222. The van der Waals surface area contributed by atoms with E-state index in [0.29, 0.717) is 0 Å². The van der Waals surface area contributed by atoms with Crippen LogP contribution in [0.5, 0.6) is 0 Å². The summed E-state index contributed by atoms with van der Waals surface area (Å²) in [5.41, 5.74) is 4.77. The highest BCUT2D eigenvalue weighted by Gasteiger charge is 2.25. The van der Waals surface area contributed by atoms with Gasteiger partial charge < -0.3 is 10.8 Å². The van der Waals surface area contributed by atoms with E-state index in [9.17, 15) is 18.7 Å². The Balaban J connectivity index is 2.84. The molecule has 0 aliphatic heterocycles. The lowest BCUT2D eigenvalue weighted by atomic mass is 10.1. The van der Waals surface area contributed by atoms with Gasteiger partial charge in [-0.1, -0.05) is 12.1 Å². The molecule has 5 heteroatoms. The number of hydrogen-bond acceptors (Lipinski definition) is 2. The van der Waals surface area contributed by atoms with E-state index in [1.165, 1.54) is 12.1 Å². The first-order valence-corrected chi connectivity index (χ1v) is 3.89. The summed E-state index contributed by atoms with van der Waals surface area (Å²) >= 11 is 0. The molecule has 0 fully saturated rings. The van der Waals surface area contributed by atoms with Gasteiger partial charge in [0, 0.05) is 0 Å². The zero-order valence-electron chi connectivity index (χ0n) is 7.15. The molecule has 0 aromatic heterocycles. The minimum absolute atomic E-state index is 0.109. The first-order valence-electron chi connectivity index (χ1n) is 3.89. The molecule has 0 saturated heterocycles. The number of rotatable bonds is 3. The molecule has 3 nitrogen and oxygen atoms in total. The van der Waals surface area contributed by atoms with E-state index in [2.05, 4.69) is 5.73 Å². The number of amides is 1. The third-order valence-corrected chi connectivity index (χ3v) is 1.76. The van der Waals surface area contributed by atoms with Gasteiger partial charge in [-0.25, -0.2) is 8.78 Å². The van der Waals surface area contributed by atoms with Gasteiger partial charge in [-0.3, -0.25) is 4.79 Å². The molecule has 0 spiro atoms. The largest absolute Gasteiger partial charge is 0.385 e. The van der Waals surface area contributed by atoms with Gasteiger partial charge in [0.15, 0.2) is 0 Å². The molecule has 0 bridgehead atoms. The van der Waals surface area contributed by atoms with Crippen LogP contribution in [0.2, 0.25) is 0 Å². The Bertz CT molecular complexity index is 326. The van der Waals surface area contributed by atoms with Gasteiger partial charge in [-0.15, -0.1) is 0 Å². The maximum atomic E-state index is 12.9. The second kappa shape index (κ2) is 4.15. The van der Waals surface area contributed by atoms with Crippen molar-refractivity contribution in [2.45, 2.75) is 12.3 Å². The number of carbonyl (C=O) groups excluding carboxylic acids is 1. The first-order chi connectivity index (χ1) is 6.52. The SMILES string of the molecule is NC(=O)C(F)C(O)c1ccc(F)cc1. The van der Waals surface area contributed by atoms with Crippen molar-refractivity contribution >= 4 is 5.91 Å². The molecule has 76 valence electrons. The van der Waals surface area contributed by atoms with Gasteiger partial charge in [-0.2, -0.15) is 0 Å². The topological polar surface area (TPSA) is 63.3 Å². The Morgan fingerprint density at radius 3 is 2.29 bits per heavy atom. The molecule has 1 amide bonds. The number of aliphatic hydroxyl groups excluding tert-OH is 1. The van der Waals surface area contributed by atoms with Crippen molar-refractivity contribution in [3.63, 3.8) is 0 Å². The highest BCUT2D eigenvalue weighted by molar-refractivity contribution is 5.79. The minimum atomic E-state index is -2.18. The number of benzene rings is 1. The van der Waals surface area contributed by atoms with Crippen LogP contribution in [0.3, 0.4) is 0 Å². The van der Waals surface area contributed by atoms with Crippen LogP contribution in [0.15, 0.2) is 24.3 Å². The minimum Gasteiger partial charge on any atom is -0.385 e. The highest BCUT2D eigenvalue weighted by Crippen LogP contribution is 2.19. The van der Waals surface area contributed by atoms with E-state index in [-0.39, 0.29) is 5.56 Å². The summed E-state index contributed by atoms with van der Waals surface area (Å²) in [6.07, 6.45) is -3.83. The molecule has 0 aliphatic rings. The van der Waals surface area contributed by atoms with Crippen LogP contribution >= 0.6 is 0 Å². The summed E-state index contributed by atoms with van der Waals surface area (Å²) in [7, 11) is 0. The van der Waals surface area contributed by atoms with Crippen molar-refractivity contribution in [1.29, 1.82) is 0 Å². The lowest BCUT2D eigenvalue weighted by molar-refractivity contribution is -0.126. The maximum Gasteiger partial charge on any atom is 0.255 e. The van der Waals surface area contributed by atoms with Crippen LogP contribution in [0, 0.1) is 5.82 Å². The molecular formula is C9H9F2NO2. The average molecular weight is 201 g/mol. The molecule has 0 heterocycles. The van der Waals surface area contributed by atoms with Gasteiger partial charge in [0.05, 0.1) is 0 Å². The molecular weight excluding hydrogens is 192 g/mol. The van der Waals surface area contributed by atoms with Gasteiger partial charge in [-0.05, 0) is 17.7 Å². The fourth-order valence-corrected chi connectivity index (χ4v) is 0.985. The second-order valence-electron chi connectivity index (χ2n) is 2.80. The summed E-state index contributed by atoms with van der Waals surface area (Å²) in [6, 6.07) is 4.50. The lowest BCUT2D eigenvalue weighted by Crippen LogP contribution is -2.30. The Kier molecular flexibility index (Phi) is 3.14. The molecule has 1 rings (SSSR count). The predicted molar refractivity (Wildman–Crippen MR) is 45.5 cm³/mol. The number of primary amides is 1. The number of carbonyl (C=O) groups is 1. The maximum absolute atomic E-state index is 12.9. The summed E-state index contributed by atoms with van der Waals surface area (Å²) < 4.78 is 25.3. The van der Waals surface area contributed by atoms with E-state index in [1.807, 2.05) is 0 Å². The monoisotopic (exact) mass is 201 g/mol. The van der Waals surface area contributed by atoms with Crippen LogP contribution in [0.1, 0.15) is 11.7 Å². The van der Waals surface area contributed by atoms with Crippen LogP contribution in [-0.2, 0) is 4.79 Å². The van der Waals surface area contributed by atoms with Crippen molar-refractivity contribution < 1.29 is 18.7 Å². The Labute approximate surface area is 79.2 Å². The zero-order chi connectivity index (χ0) is 10.7. The average Bonchev–Trinajstić information content (AvgIpc) is 2.16. The highest BCUT2D eigenvalue weighted by atomic mass is 19.1. The molecule has 0 aliphatic carbocycles. The third kappa shape index (κ3) is 2.26. The molecule has 0 saturated carbocycles. The smallest absolute Gasteiger partial charge is 0.255 e. The van der Waals surface area contributed by atoms with Gasteiger partial charge in [0.2, 0.25) is 6.17 Å². The summed E-state index contributed by atoms with van der Waals surface area (Å²) in [6.45, 7) is 0. The van der Waals surface area contributed by atoms with Crippen LogP contribution in [0.4, 0.5) is 8.78 Å². The van der Waals surface area contributed by atoms with Crippen molar-refractivity contribution in [2.75, 3.05) is 0 Å². The standard InChI is InChI=1S/C9H9F2NO2/c10-6-3-1-5(2-4-6)8(13)7(11)9(12)14/h1-4,7-8,13H,(H2,12,14).